The van der Waals surface area contributed by atoms with Crippen LogP contribution < -0.4 is 14.8 Å². The van der Waals surface area contributed by atoms with Crippen LogP contribution in [0.25, 0.3) is 0 Å². The number of carbonyl (C=O) groups excluding carboxylic acids is 2. The fourth-order valence-corrected chi connectivity index (χ4v) is 4.91. The lowest BCUT2D eigenvalue weighted by atomic mass is 10.0. The Balaban J connectivity index is 1.32. The van der Waals surface area contributed by atoms with Gasteiger partial charge in [-0.05, 0) is 47.7 Å². The molecule has 0 saturated carbocycles. The first kappa shape index (κ1) is 29.2. The summed E-state index contributed by atoms with van der Waals surface area (Å²) >= 11 is 0. The van der Waals surface area contributed by atoms with E-state index in [1.165, 1.54) is 0 Å². The molecule has 2 aromatic carbocycles. The highest BCUT2D eigenvalue weighted by Crippen LogP contribution is 2.32. The molecule has 1 atom stereocenters. The predicted molar refractivity (Wildman–Crippen MR) is 150 cm³/mol. The summed E-state index contributed by atoms with van der Waals surface area (Å²) in [5, 5.41) is 11.9. The normalized spacial score (nSPS) is 15.7. The molecule has 216 valence electrons. The molecule has 2 aliphatic rings. The number of aliphatic carboxylic acids is 1. The maximum absolute atomic E-state index is 13.5. The Bertz CT molecular complexity index is 1180. The summed E-state index contributed by atoms with van der Waals surface area (Å²) in [6.07, 6.45) is 1.88. The molecule has 2 heterocycles. The van der Waals surface area contributed by atoms with E-state index in [1.54, 1.807) is 26.0 Å². The molecular formula is C30H40N4O6. The number of benzene rings is 2. The van der Waals surface area contributed by atoms with E-state index >= 15 is 0 Å². The van der Waals surface area contributed by atoms with Gasteiger partial charge in [-0.25, -0.2) is 9.59 Å². The average molecular weight is 553 g/mol. The Morgan fingerprint density at radius 3 is 2.30 bits per heavy atom. The van der Waals surface area contributed by atoms with Gasteiger partial charge < -0.3 is 29.7 Å². The molecule has 2 N–H and O–H groups in total. The van der Waals surface area contributed by atoms with Gasteiger partial charge in [0.05, 0.1) is 0 Å². The fourth-order valence-electron chi connectivity index (χ4n) is 4.91. The second-order valence-electron chi connectivity index (χ2n) is 10.7. The van der Waals surface area contributed by atoms with Crippen LogP contribution in [0.15, 0.2) is 42.5 Å². The smallest absolute Gasteiger partial charge is 0.326 e. The van der Waals surface area contributed by atoms with Gasteiger partial charge in [0.25, 0.3) is 5.91 Å². The van der Waals surface area contributed by atoms with Crippen molar-refractivity contribution < 1.29 is 29.0 Å². The number of carboxylic acid groups (broad SMARTS) is 1. The molecule has 40 heavy (non-hydrogen) atoms. The third-order valence-corrected chi connectivity index (χ3v) is 7.35. The summed E-state index contributed by atoms with van der Waals surface area (Å²) in [7, 11) is 0. The summed E-state index contributed by atoms with van der Waals surface area (Å²) in [6.45, 7) is 10.7. The third-order valence-electron chi connectivity index (χ3n) is 7.35. The molecule has 0 aromatic heterocycles. The van der Waals surface area contributed by atoms with Gasteiger partial charge in [-0.3, -0.25) is 9.69 Å². The van der Waals surface area contributed by atoms with Crippen LogP contribution >= 0.6 is 0 Å². The van der Waals surface area contributed by atoms with Gasteiger partial charge in [0.15, 0.2) is 11.5 Å². The minimum absolute atomic E-state index is 0.0271. The van der Waals surface area contributed by atoms with Crippen molar-refractivity contribution in [2.75, 3.05) is 39.5 Å². The van der Waals surface area contributed by atoms with Crippen LogP contribution in [0.2, 0.25) is 0 Å². The Hall–Kier alpha value is -3.79. The minimum Gasteiger partial charge on any atom is -0.480 e. The molecule has 2 aromatic rings. The molecule has 3 amide bonds. The highest BCUT2D eigenvalue weighted by molar-refractivity contribution is 5.96. The average Bonchev–Trinajstić information content (AvgIpc) is 3.42. The molecule has 0 unspecified atom stereocenters. The molecule has 0 aliphatic carbocycles. The van der Waals surface area contributed by atoms with Crippen LogP contribution in [0.4, 0.5) is 4.79 Å². The monoisotopic (exact) mass is 552 g/mol. The van der Waals surface area contributed by atoms with Crippen molar-refractivity contribution in [1.82, 2.24) is 20.0 Å². The van der Waals surface area contributed by atoms with Gasteiger partial charge in [0.1, 0.15) is 6.04 Å². The van der Waals surface area contributed by atoms with Crippen molar-refractivity contribution in [3.63, 3.8) is 0 Å². The summed E-state index contributed by atoms with van der Waals surface area (Å²) in [5.74, 6) is -0.151. The number of carboxylic acids is 1. The molecule has 10 heteroatoms. The second kappa shape index (κ2) is 13.5. The predicted octanol–water partition coefficient (Wildman–Crippen LogP) is 3.79. The summed E-state index contributed by atoms with van der Waals surface area (Å²) in [5.41, 5.74) is 2.47. The topological polar surface area (TPSA) is 112 Å². The number of urea groups is 1. The molecule has 0 radical (unpaired) electrons. The lowest BCUT2D eigenvalue weighted by molar-refractivity contribution is -0.140. The molecule has 1 fully saturated rings. The fraction of sp³-hybridized carbons (Fsp3) is 0.500. The number of hydrogen-bond acceptors (Lipinski definition) is 6. The molecule has 0 spiro atoms. The summed E-state index contributed by atoms with van der Waals surface area (Å²) < 4.78 is 10.9. The van der Waals surface area contributed by atoms with E-state index in [0.717, 1.165) is 55.1 Å². The van der Waals surface area contributed by atoms with Gasteiger partial charge in [0.2, 0.25) is 6.79 Å². The number of nitrogens with zero attached hydrogens (tertiary/aromatic N) is 3. The van der Waals surface area contributed by atoms with E-state index in [2.05, 4.69) is 23.2 Å². The molecule has 0 bridgehead atoms. The first-order chi connectivity index (χ1) is 19.2. The molecule has 1 saturated heterocycles. The number of nitrogens with one attached hydrogen (secondary N) is 1. The van der Waals surface area contributed by atoms with E-state index in [1.807, 2.05) is 34.1 Å². The van der Waals surface area contributed by atoms with E-state index in [9.17, 15) is 19.5 Å². The van der Waals surface area contributed by atoms with Gasteiger partial charge in [-0.1, -0.05) is 45.4 Å². The zero-order valence-corrected chi connectivity index (χ0v) is 23.6. The first-order valence-electron chi connectivity index (χ1n) is 14.0. The second-order valence-corrected chi connectivity index (χ2v) is 10.7. The number of ether oxygens (including phenoxy) is 2. The summed E-state index contributed by atoms with van der Waals surface area (Å²) in [6, 6.07) is 12.1. The van der Waals surface area contributed by atoms with Crippen LogP contribution in [0.1, 0.15) is 55.1 Å². The molecule has 10 nitrogen and oxygen atoms in total. The van der Waals surface area contributed by atoms with Gasteiger partial charge in [0, 0.05) is 51.4 Å². The van der Waals surface area contributed by atoms with Crippen LogP contribution in [-0.4, -0.2) is 83.3 Å². The minimum atomic E-state index is -1.06. The Morgan fingerprint density at radius 2 is 1.65 bits per heavy atom. The highest BCUT2D eigenvalue weighted by atomic mass is 16.7. The SMILES string of the molecule is CCCCN(Cc1ccc(C(=O)N[C@H](C(=O)O)C(C)C)cc1)C(=O)N1CCN(Cc2ccc3c(c2)OCO3)CC1. The zero-order valence-electron chi connectivity index (χ0n) is 23.6. The van der Waals surface area contributed by atoms with Gasteiger partial charge in [-0.15, -0.1) is 0 Å². The standard InChI is InChI=1S/C30H40N4O6/c1-4-5-12-34(19-22-6-9-24(10-7-22)28(35)31-27(21(2)3)29(36)37)30(38)33-15-13-32(14-16-33)18-23-8-11-25-26(17-23)40-20-39-25/h6-11,17,21,27H,4-5,12-16,18-20H2,1-3H3,(H,31,35)(H,36,37)/t27-/m0/s1. The quantitative estimate of drug-likeness (QED) is 0.436. The van der Waals surface area contributed by atoms with E-state index in [0.29, 0.717) is 31.7 Å². The van der Waals surface area contributed by atoms with E-state index in [-0.39, 0.29) is 18.7 Å². The van der Waals surface area contributed by atoms with Crippen molar-refractivity contribution in [2.45, 2.75) is 52.7 Å². The zero-order chi connectivity index (χ0) is 28.6. The van der Waals surface area contributed by atoms with Crippen molar-refractivity contribution in [3.8, 4) is 11.5 Å². The maximum atomic E-state index is 13.5. The summed E-state index contributed by atoms with van der Waals surface area (Å²) in [4.78, 5) is 43.7. The van der Waals surface area contributed by atoms with Crippen LogP contribution in [0.3, 0.4) is 0 Å². The number of rotatable bonds is 11. The number of fused-ring (bicyclic) bond motifs is 1. The van der Waals surface area contributed by atoms with Gasteiger partial charge >= 0.3 is 12.0 Å². The third kappa shape index (κ3) is 7.44. The molecule has 2 aliphatic heterocycles. The Labute approximate surface area is 235 Å². The van der Waals surface area contributed by atoms with Crippen LogP contribution in [0, 0.1) is 5.92 Å². The number of carbonyl (C=O) groups is 3. The highest BCUT2D eigenvalue weighted by Gasteiger charge is 2.27. The Kier molecular flexibility index (Phi) is 9.87. The lowest BCUT2D eigenvalue weighted by Crippen LogP contribution is -2.52. The van der Waals surface area contributed by atoms with Gasteiger partial charge in [-0.2, -0.15) is 0 Å². The van der Waals surface area contributed by atoms with Crippen molar-refractivity contribution >= 4 is 17.9 Å². The van der Waals surface area contributed by atoms with Crippen LogP contribution in [0.5, 0.6) is 11.5 Å². The van der Waals surface area contributed by atoms with E-state index < -0.39 is 17.9 Å². The van der Waals surface area contributed by atoms with E-state index in [4.69, 9.17) is 9.47 Å². The van der Waals surface area contributed by atoms with Crippen molar-refractivity contribution in [2.24, 2.45) is 5.92 Å². The first-order valence-corrected chi connectivity index (χ1v) is 14.0. The molecular weight excluding hydrogens is 512 g/mol. The molecule has 4 rings (SSSR count). The number of piperazine rings is 1. The number of hydrogen-bond donors (Lipinski definition) is 2. The van der Waals surface area contributed by atoms with Crippen molar-refractivity contribution in [1.29, 1.82) is 0 Å². The largest absolute Gasteiger partial charge is 0.480 e. The Morgan fingerprint density at radius 1 is 0.975 bits per heavy atom. The number of amides is 3. The maximum Gasteiger partial charge on any atom is 0.326 e. The van der Waals surface area contributed by atoms with Crippen molar-refractivity contribution in [3.05, 3.63) is 59.2 Å². The lowest BCUT2D eigenvalue weighted by Gasteiger charge is -2.37. The number of unbranched alkanes of at least 4 members (excludes halogenated alkanes) is 1. The van der Waals surface area contributed by atoms with Crippen LogP contribution in [-0.2, 0) is 17.9 Å².